The zero-order chi connectivity index (χ0) is 20.9. The third kappa shape index (κ3) is 4.38. The topological polar surface area (TPSA) is 120 Å². The fraction of sp³-hybridized carbons (Fsp3) is 0.250. The lowest BCUT2D eigenvalue weighted by Crippen LogP contribution is -2.35. The summed E-state index contributed by atoms with van der Waals surface area (Å²) in [6, 6.07) is 8.70. The number of hydrogen-bond donors (Lipinski definition) is 1. The van der Waals surface area contributed by atoms with Crippen LogP contribution in [-0.4, -0.2) is 32.3 Å². The van der Waals surface area contributed by atoms with Crippen molar-refractivity contribution in [3.8, 4) is 11.5 Å². The molecule has 0 spiro atoms. The molecule has 30 heavy (non-hydrogen) atoms. The molecule has 4 rings (SSSR count). The van der Waals surface area contributed by atoms with Crippen LogP contribution in [0.25, 0.3) is 22.4 Å². The second kappa shape index (κ2) is 8.87. The average Bonchev–Trinajstić information content (AvgIpc) is 3.43. The first kappa shape index (κ1) is 19.8. The predicted octanol–water partition coefficient (Wildman–Crippen LogP) is 2.37. The number of esters is 1. The molecule has 0 bridgehead atoms. The molecule has 0 aliphatic rings. The van der Waals surface area contributed by atoms with Crippen LogP contribution in [0.15, 0.2) is 55.1 Å². The Morgan fingerprint density at radius 1 is 1.20 bits per heavy atom. The van der Waals surface area contributed by atoms with Gasteiger partial charge in [-0.25, -0.2) is 4.79 Å². The lowest BCUT2D eigenvalue weighted by atomic mass is 10.2. The van der Waals surface area contributed by atoms with Crippen molar-refractivity contribution in [2.75, 3.05) is 6.61 Å². The summed E-state index contributed by atoms with van der Waals surface area (Å²) in [5.74, 6) is 0.373. The SMILES string of the molecule is O=C(CCc1nnc(-c2ccsc2)o1)OCCCn1c(=O)[nH]c2ccccc2c1=O. The molecule has 0 aliphatic heterocycles. The van der Waals surface area contributed by atoms with Gasteiger partial charge in [-0.05, 0) is 30.0 Å². The van der Waals surface area contributed by atoms with Crippen LogP contribution in [0, 0.1) is 0 Å². The number of fused-ring (bicyclic) bond motifs is 1. The van der Waals surface area contributed by atoms with Crippen molar-refractivity contribution in [2.24, 2.45) is 0 Å². The zero-order valence-corrected chi connectivity index (χ0v) is 16.7. The normalized spacial score (nSPS) is 11.1. The lowest BCUT2D eigenvalue weighted by molar-refractivity contribution is -0.143. The van der Waals surface area contributed by atoms with Crippen molar-refractivity contribution in [2.45, 2.75) is 25.8 Å². The Morgan fingerprint density at radius 3 is 2.90 bits per heavy atom. The molecular formula is C20H18N4O5S. The van der Waals surface area contributed by atoms with E-state index in [0.29, 0.717) is 29.1 Å². The van der Waals surface area contributed by atoms with Crippen molar-refractivity contribution in [3.63, 3.8) is 0 Å². The number of nitrogens with one attached hydrogen (secondary N) is 1. The minimum atomic E-state index is -0.483. The van der Waals surface area contributed by atoms with Gasteiger partial charge in [-0.1, -0.05) is 12.1 Å². The summed E-state index contributed by atoms with van der Waals surface area (Å²) in [7, 11) is 0. The number of carbonyl (C=O) groups is 1. The molecule has 0 atom stereocenters. The second-order valence-corrected chi connectivity index (χ2v) is 7.30. The minimum Gasteiger partial charge on any atom is -0.466 e. The Hall–Kier alpha value is -3.53. The first-order valence-corrected chi connectivity index (χ1v) is 10.3. The Bertz CT molecular complexity index is 1270. The van der Waals surface area contributed by atoms with E-state index in [2.05, 4.69) is 15.2 Å². The van der Waals surface area contributed by atoms with Gasteiger partial charge in [0.2, 0.25) is 11.8 Å². The highest BCUT2D eigenvalue weighted by molar-refractivity contribution is 7.08. The number of aromatic nitrogens is 4. The van der Waals surface area contributed by atoms with Crippen LogP contribution in [0.1, 0.15) is 18.7 Å². The number of aryl methyl sites for hydroxylation is 1. The number of nitrogens with zero attached hydrogens (tertiary/aromatic N) is 3. The molecule has 154 valence electrons. The number of thiophene rings is 1. The summed E-state index contributed by atoms with van der Waals surface area (Å²) >= 11 is 1.53. The van der Waals surface area contributed by atoms with Crippen molar-refractivity contribution in [1.29, 1.82) is 0 Å². The fourth-order valence-electron chi connectivity index (χ4n) is 2.95. The summed E-state index contributed by atoms with van der Waals surface area (Å²) < 4.78 is 11.8. The Balaban J connectivity index is 1.25. The van der Waals surface area contributed by atoms with Gasteiger partial charge in [0.05, 0.1) is 23.9 Å². The molecule has 9 nitrogen and oxygen atoms in total. The zero-order valence-electron chi connectivity index (χ0n) is 15.9. The number of rotatable bonds is 8. The molecule has 4 aromatic rings. The highest BCUT2D eigenvalue weighted by atomic mass is 32.1. The van der Waals surface area contributed by atoms with E-state index in [1.54, 1.807) is 24.3 Å². The molecule has 0 amide bonds. The van der Waals surface area contributed by atoms with Crippen LogP contribution in [0.5, 0.6) is 0 Å². The van der Waals surface area contributed by atoms with Gasteiger partial charge >= 0.3 is 11.7 Å². The van der Waals surface area contributed by atoms with Crippen LogP contribution in [0.2, 0.25) is 0 Å². The molecular weight excluding hydrogens is 408 g/mol. The number of para-hydroxylation sites is 1. The number of ether oxygens (including phenoxy) is 1. The highest BCUT2D eigenvalue weighted by Crippen LogP contribution is 2.20. The van der Waals surface area contributed by atoms with Gasteiger partial charge in [-0.3, -0.25) is 14.2 Å². The van der Waals surface area contributed by atoms with Crippen molar-refractivity contribution < 1.29 is 13.9 Å². The van der Waals surface area contributed by atoms with Crippen molar-refractivity contribution in [3.05, 3.63) is 67.8 Å². The van der Waals surface area contributed by atoms with Gasteiger partial charge in [0.25, 0.3) is 5.56 Å². The molecule has 1 N–H and O–H groups in total. The summed E-state index contributed by atoms with van der Waals surface area (Å²) in [6.45, 7) is 0.251. The molecule has 0 fully saturated rings. The minimum absolute atomic E-state index is 0.0987. The third-order valence-corrected chi connectivity index (χ3v) is 5.14. The molecule has 10 heteroatoms. The van der Waals surface area contributed by atoms with E-state index >= 15 is 0 Å². The Kier molecular flexibility index (Phi) is 5.84. The first-order valence-electron chi connectivity index (χ1n) is 9.34. The molecule has 1 aromatic carbocycles. The van der Waals surface area contributed by atoms with E-state index in [-0.39, 0.29) is 31.6 Å². The monoisotopic (exact) mass is 426 g/mol. The van der Waals surface area contributed by atoms with Gasteiger partial charge in [-0.2, -0.15) is 11.3 Å². The third-order valence-electron chi connectivity index (χ3n) is 4.46. The fourth-order valence-corrected chi connectivity index (χ4v) is 3.58. The average molecular weight is 426 g/mol. The lowest BCUT2D eigenvalue weighted by Gasteiger charge is -2.07. The maximum Gasteiger partial charge on any atom is 0.328 e. The second-order valence-electron chi connectivity index (χ2n) is 6.52. The van der Waals surface area contributed by atoms with Crippen LogP contribution >= 0.6 is 11.3 Å². The van der Waals surface area contributed by atoms with Gasteiger partial charge in [0.1, 0.15) is 0 Å². The molecule has 3 aromatic heterocycles. The molecule has 0 saturated carbocycles. The van der Waals surface area contributed by atoms with E-state index in [1.165, 1.54) is 11.3 Å². The molecule has 3 heterocycles. The smallest absolute Gasteiger partial charge is 0.328 e. The van der Waals surface area contributed by atoms with Crippen molar-refractivity contribution in [1.82, 2.24) is 19.7 Å². The van der Waals surface area contributed by atoms with E-state index in [4.69, 9.17) is 9.15 Å². The van der Waals surface area contributed by atoms with Gasteiger partial charge in [-0.15, -0.1) is 10.2 Å². The van der Waals surface area contributed by atoms with E-state index < -0.39 is 11.7 Å². The summed E-state index contributed by atoms with van der Waals surface area (Å²) in [4.78, 5) is 39.1. The summed E-state index contributed by atoms with van der Waals surface area (Å²) in [6.07, 6.45) is 0.720. The molecule has 0 radical (unpaired) electrons. The van der Waals surface area contributed by atoms with Crippen LogP contribution in [0.4, 0.5) is 0 Å². The molecule has 0 unspecified atom stereocenters. The van der Waals surface area contributed by atoms with Gasteiger partial charge in [0.15, 0.2) is 0 Å². The largest absolute Gasteiger partial charge is 0.466 e. The standard InChI is InChI=1S/C20H18N4O5S/c25-17(7-6-16-22-23-18(29-16)13-8-11-30-12-13)28-10-3-9-24-19(26)14-4-1-2-5-15(14)21-20(24)27/h1-2,4-5,8,11-12H,3,6-7,9-10H2,(H,21,27). The van der Waals surface area contributed by atoms with Crippen LogP contribution in [0.3, 0.4) is 0 Å². The predicted molar refractivity (Wildman–Crippen MR) is 110 cm³/mol. The maximum atomic E-state index is 12.4. The van der Waals surface area contributed by atoms with Gasteiger partial charge < -0.3 is 14.1 Å². The van der Waals surface area contributed by atoms with E-state index in [0.717, 1.165) is 10.1 Å². The number of carbonyl (C=O) groups excluding carboxylic acids is 1. The van der Waals surface area contributed by atoms with Crippen LogP contribution in [-0.2, 0) is 22.5 Å². The van der Waals surface area contributed by atoms with Gasteiger partial charge in [0, 0.05) is 23.9 Å². The summed E-state index contributed by atoms with van der Waals surface area (Å²) in [5.41, 5.74) is 0.500. The molecule has 0 aliphatic carbocycles. The maximum absolute atomic E-state index is 12.4. The quantitative estimate of drug-likeness (QED) is 0.339. The summed E-state index contributed by atoms with van der Waals surface area (Å²) in [5, 5.41) is 12.1. The van der Waals surface area contributed by atoms with E-state index in [9.17, 15) is 14.4 Å². The highest BCUT2D eigenvalue weighted by Gasteiger charge is 2.12. The first-order chi connectivity index (χ1) is 14.6. The number of H-pyrrole nitrogens is 1. The Labute approximate surface area is 174 Å². The number of hydrogen-bond acceptors (Lipinski definition) is 8. The van der Waals surface area contributed by atoms with E-state index in [1.807, 2.05) is 16.8 Å². The molecule has 0 saturated heterocycles. The van der Waals surface area contributed by atoms with Crippen LogP contribution < -0.4 is 11.2 Å². The Morgan fingerprint density at radius 2 is 2.07 bits per heavy atom. The number of aromatic amines is 1. The number of benzene rings is 1. The van der Waals surface area contributed by atoms with Crippen molar-refractivity contribution >= 4 is 28.2 Å².